The van der Waals surface area contributed by atoms with Crippen molar-refractivity contribution in [3.8, 4) is 0 Å². The van der Waals surface area contributed by atoms with E-state index in [1.54, 1.807) is 4.90 Å². The highest BCUT2D eigenvalue weighted by molar-refractivity contribution is 8.14. The maximum atomic E-state index is 14.0. The second kappa shape index (κ2) is 4.72. The molecule has 98 valence electrons. The number of rotatable bonds is 1. The molecule has 0 spiro atoms. The Labute approximate surface area is 104 Å². The fourth-order valence-corrected chi connectivity index (χ4v) is 3.10. The Morgan fingerprint density at radius 1 is 1.53 bits per heavy atom. The summed E-state index contributed by atoms with van der Waals surface area (Å²) < 4.78 is 19.5. The van der Waals surface area contributed by atoms with Gasteiger partial charge in [-0.3, -0.25) is 4.99 Å². The Balaban J connectivity index is 2.15. The Morgan fingerprint density at radius 3 is 2.71 bits per heavy atom. The minimum absolute atomic E-state index is 0.467. The molecule has 1 fully saturated rings. The van der Waals surface area contributed by atoms with Crippen molar-refractivity contribution in [2.75, 3.05) is 14.1 Å². The number of ether oxygens (including phenoxy) is 1. The Morgan fingerprint density at radius 2 is 2.18 bits per heavy atom. The molecular weight excluding hydrogens is 247 g/mol. The van der Waals surface area contributed by atoms with E-state index in [4.69, 9.17) is 4.74 Å². The van der Waals surface area contributed by atoms with Crippen molar-refractivity contribution in [3.63, 3.8) is 0 Å². The van der Waals surface area contributed by atoms with Crippen LogP contribution in [0.25, 0.3) is 0 Å². The van der Waals surface area contributed by atoms with E-state index in [0.717, 1.165) is 0 Å². The third-order valence-electron chi connectivity index (χ3n) is 2.90. The van der Waals surface area contributed by atoms with Gasteiger partial charge in [0.25, 0.3) is 0 Å². The highest BCUT2D eigenvalue weighted by Gasteiger charge is 2.50. The van der Waals surface area contributed by atoms with Gasteiger partial charge in [0.2, 0.25) is 0 Å². The number of aliphatic hydroxyl groups is 2. The number of aliphatic imine (C=N–C) groups is 1. The maximum absolute atomic E-state index is 14.0. The fourth-order valence-electron chi connectivity index (χ4n) is 1.96. The lowest BCUT2D eigenvalue weighted by Gasteiger charge is -2.38. The van der Waals surface area contributed by atoms with Crippen molar-refractivity contribution >= 4 is 16.9 Å². The fraction of sp³-hybridized carbons (Fsp3) is 0.900. The molecule has 0 unspecified atom stereocenters. The van der Waals surface area contributed by atoms with E-state index in [2.05, 4.69) is 4.99 Å². The molecule has 0 aromatic carbocycles. The van der Waals surface area contributed by atoms with E-state index in [1.165, 1.54) is 18.7 Å². The highest BCUT2D eigenvalue weighted by atomic mass is 32.2. The Hall–Kier alpha value is -0.370. The normalized spacial score (nSPS) is 42.9. The first-order chi connectivity index (χ1) is 7.91. The van der Waals surface area contributed by atoms with Crippen molar-refractivity contribution < 1.29 is 19.3 Å². The quantitative estimate of drug-likeness (QED) is 0.688. The number of hydrogen-bond donors (Lipinski definition) is 2. The van der Waals surface area contributed by atoms with Crippen molar-refractivity contribution in [1.29, 1.82) is 0 Å². The summed E-state index contributed by atoms with van der Waals surface area (Å²) in [5.74, 6) is 0. The number of amidine groups is 1. The zero-order chi connectivity index (χ0) is 12.7. The molecule has 7 heteroatoms. The molecule has 0 amide bonds. The van der Waals surface area contributed by atoms with Gasteiger partial charge < -0.3 is 19.8 Å². The van der Waals surface area contributed by atoms with Crippen LogP contribution >= 0.6 is 11.8 Å². The molecule has 0 aromatic rings. The van der Waals surface area contributed by atoms with Crippen LogP contribution in [0.4, 0.5) is 4.39 Å². The number of nitrogens with zero attached hydrogens (tertiary/aromatic N) is 2. The Kier molecular flexibility index (Phi) is 3.63. The largest absolute Gasteiger partial charge is 0.391 e. The molecule has 2 N–H and O–H groups in total. The zero-order valence-electron chi connectivity index (χ0n) is 9.95. The van der Waals surface area contributed by atoms with Gasteiger partial charge in [0.05, 0.1) is 6.10 Å². The Bertz CT molecular complexity index is 327. The van der Waals surface area contributed by atoms with Gasteiger partial charge in [-0.1, -0.05) is 11.8 Å². The average Bonchev–Trinajstić information content (AvgIpc) is 2.67. The molecule has 2 aliphatic rings. The molecule has 2 aliphatic heterocycles. The van der Waals surface area contributed by atoms with Crippen LogP contribution in [0.5, 0.6) is 0 Å². The lowest BCUT2D eigenvalue weighted by atomic mass is 9.97. The SMILES string of the molecule is C[C@@H](O)[C@H]1O[C@@H]2SC(N(C)C)=N[C@@H]2[C@H](F)[C@@H]1O. The van der Waals surface area contributed by atoms with E-state index < -0.39 is 36.0 Å². The first kappa shape index (κ1) is 13.1. The van der Waals surface area contributed by atoms with E-state index in [1.807, 2.05) is 14.1 Å². The molecule has 0 aliphatic carbocycles. The van der Waals surface area contributed by atoms with Crippen LogP contribution in [0.2, 0.25) is 0 Å². The molecule has 0 bridgehead atoms. The predicted molar refractivity (Wildman–Crippen MR) is 63.7 cm³/mol. The van der Waals surface area contributed by atoms with Gasteiger partial charge in [0.15, 0.2) is 11.3 Å². The number of aliphatic hydroxyl groups excluding tert-OH is 2. The van der Waals surface area contributed by atoms with Gasteiger partial charge in [-0.15, -0.1) is 0 Å². The van der Waals surface area contributed by atoms with Crippen molar-refractivity contribution in [2.24, 2.45) is 4.99 Å². The van der Waals surface area contributed by atoms with Gasteiger partial charge >= 0.3 is 0 Å². The zero-order valence-corrected chi connectivity index (χ0v) is 10.8. The lowest BCUT2D eigenvalue weighted by molar-refractivity contribution is -0.165. The molecule has 6 atom stereocenters. The second-order valence-electron chi connectivity index (χ2n) is 4.56. The second-order valence-corrected chi connectivity index (χ2v) is 5.62. The van der Waals surface area contributed by atoms with Crippen molar-refractivity contribution in [1.82, 2.24) is 4.90 Å². The average molecular weight is 264 g/mol. The summed E-state index contributed by atoms with van der Waals surface area (Å²) in [4.78, 5) is 5.98. The summed E-state index contributed by atoms with van der Waals surface area (Å²) in [6, 6.07) is -0.692. The molecule has 1 saturated heterocycles. The minimum atomic E-state index is -1.50. The summed E-state index contributed by atoms with van der Waals surface area (Å²) in [6.45, 7) is 1.48. The highest BCUT2D eigenvalue weighted by Crippen LogP contribution is 2.38. The third-order valence-corrected chi connectivity index (χ3v) is 4.20. The van der Waals surface area contributed by atoms with Gasteiger partial charge in [0.1, 0.15) is 23.7 Å². The summed E-state index contributed by atoms with van der Waals surface area (Å²) in [7, 11) is 3.64. The van der Waals surface area contributed by atoms with E-state index in [9.17, 15) is 14.6 Å². The summed E-state index contributed by atoms with van der Waals surface area (Å²) >= 11 is 1.32. The maximum Gasteiger partial charge on any atom is 0.161 e. The summed E-state index contributed by atoms with van der Waals surface area (Å²) in [5.41, 5.74) is -0.467. The van der Waals surface area contributed by atoms with E-state index in [0.29, 0.717) is 5.17 Å². The summed E-state index contributed by atoms with van der Waals surface area (Å²) in [5, 5.41) is 19.9. The number of halogens is 1. The van der Waals surface area contributed by atoms with Crippen molar-refractivity contribution in [2.45, 2.75) is 42.9 Å². The lowest BCUT2D eigenvalue weighted by Crippen LogP contribution is -2.56. The predicted octanol–water partition coefficient (Wildman–Crippen LogP) is -0.176. The van der Waals surface area contributed by atoms with Crippen LogP contribution in [0.15, 0.2) is 4.99 Å². The van der Waals surface area contributed by atoms with Gasteiger partial charge in [-0.05, 0) is 6.92 Å². The van der Waals surface area contributed by atoms with Gasteiger partial charge in [-0.2, -0.15) is 0 Å². The molecule has 0 saturated carbocycles. The van der Waals surface area contributed by atoms with Crippen molar-refractivity contribution in [3.05, 3.63) is 0 Å². The molecule has 0 radical (unpaired) electrons. The van der Waals surface area contributed by atoms with Gasteiger partial charge in [-0.25, -0.2) is 4.39 Å². The molecule has 2 heterocycles. The molecule has 2 rings (SSSR count). The van der Waals surface area contributed by atoms with Crippen LogP contribution in [0.1, 0.15) is 6.92 Å². The number of thioether (sulfide) groups is 1. The van der Waals surface area contributed by atoms with E-state index >= 15 is 0 Å². The number of hydrogen-bond acceptors (Lipinski definition) is 6. The van der Waals surface area contributed by atoms with Crippen LogP contribution < -0.4 is 0 Å². The standard InChI is InChI=1S/C10H17FN2O3S/c1-4(14)8-7(15)5(11)6-9(16-8)17-10(12-6)13(2)3/h4-9,14-15H,1-3H3/t4-,5+,6-,7+,8-,9-/m1/s1. The van der Waals surface area contributed by atoms with Gasteiger partial charge in [0, 0.05) is 14.1 Å². The number of alkyl halides is 1. The van der Waals surface area contributed by atoms with Crippen LogP contribution in [-0.4, -0.2) is 70.3 Å². The molecule has 0 aromatic heterocycles. The van der Waals surface area contributed by atoms with E-state index in [-0.39, 0.29) is 0 Å². The molecule has 17 heavy (non-hydrogen) atoms. The van der Waals surface area contributed by atoms with Crippen LogP contribution in [0, 0.1) is 0 Å². The minimum Gasteiger partial charge on any atom is -0.391 e. The van der Waals surface area contributed by atoms with Crippen LogP contribution in [0.3, 0.4) is 0 Å². The number of fused-ring (bicyclic) bond motifs is 1. The monoisotopic (exact) mass is 264 g/mol. The molecule has 5 nitrogen and oxygen atoms in total. The topological polar surface area (TPSA) is 65.3 Å². The molecular formula is C10H17FN2O3S. The smallest absolute Gasteiger partial charge is 0.161 e. The first-order valence-corrected chi connectivity index (χ1v) is 6.37. The first-order valence-electron chi connectivity index (χ1n) is 5.49. The van der Waals surface area contributed by atoms with Crippen LogP contribution in [-0.2, 0) is 4.74 Å². The third kappa shape index (κ3) is 2.29. The summed E-state index contributed by atoms with van der Waals surface area (Å²) in [6.07, 6.45) is -4.64.